The molecule has 0 amide bonds. The van der Waals surface area contributed by atoms with Crippen LogP contribution in [0.4, 0.5) is 0 Å². The van der Waals surface area contributed by atoms with E-state index in [4.69, 9.17) is 9.31 Å². The maximum Gasteiger partial charge on any atom is 0.494 e. The molecule has 2 nitrogen and oxygen atoms in total. The Morgan fingerprint density at radius 1 is 1.00 bits per heavy atom. The second kappa shape index (κ2) is 8.89. The third kappa shape index (κ3) is 5.65. The maximum atomic E-state index is 6.23. The van der Waals surface area contributed by atoms with E-state index in [0.29, 0.717) is 0 Å². The Morgan fingerprint density at radius 3 is 2.13 bits per heavy atom. The minimum Gasteiger partial charge on any atom is -0.399 e. The van der Waals surface area contributed by atoms with Crippen LogP contribution in [-0.2, 0) is 9.31 Å². The molecule has 0 aromatic heterocycles. The van der Waals surface area contributed by atoms with Crippen molar-refractivity contribution in [3.05, 3.63) is 36.4 Å². The van der Waals surface area contributed by atoms with Gasteiger partial charge in [-0.05, 0) is 58.9 Å². The number of allylic oxidation sites excluding steroid dienone is 4. The fraction of sp³-hybridized carbons (Fsp3) is 0.700. The predicted molar refractivity (Wildman–Crippen MR) is 101 cm³/mol. The van der Waals surface area contributed by atoms with E-state index in [1.165, 1.54) is 25.7 Å². The number of rotatable bonds is 10. The smallest absolute Gasteiger partial charge is 0.399 e. The lowest BCUT2D eigenvalue weighted by Crippen LogP contribution is -2.41. The van der Waals surface area contributed by atoms with Crippen LogP contribution < -0.4 is 0 Å². The van der Waals surface area contributed by atoms with Crippen molar-refractivity contribution >= 4 is 7.12 Å². The summed E-state index contributed by atoms with van der Waals surface area (Å²) in [6, 6.07) is 0. The molecule has 0 aromatic carbocycles. The van der Waals surface area contributed by atoms with E-state index < -0.39 is 0 Å². The van der Waals surface area contributed by atoms with E-state index in [9.17, 15) is 0 Å². The topological polar surface area (TPSA) is 18.5 Å². The Labute approximate surface area is 144 Å². The molecule has 3 heteroatoms. The van der Waals surface area contributed by atoms with Crippen LogP contribution in [0.2, 0.25) is 0 Å². The van der Waals surface area contributed by atoms with Gasteiger partial charge in [0, 0.05) is 0 Å². The molecule has 130 valence electrons. The van der Waals surface area contributed by atoms with E-state index in [0.717, 1.165) is 30.3 Å². The summed E-state index contributed by atoms with van der Waals surface area (Å²) in [5.74, 6) is 0. The quantitative estimate of drug-likeness (QED) is 0.212. The summed E-state index contributed by atoms with van der Waals surface area (Å²) < 4.78 is 12.5. The molecule has 0 unspecified atom stereocenters. The zero-order valence-corrected chi connectivity index (χ0v) is 15.9. The molecular weight excluding hydrogens is 283 g/mol. The molecule has 23 heavy (non-hydrogen) atoms. The Kier molecular flexibility index (Phi) is 7.83. The Morgan fingerprint density at radius 2 is 1.61 bits per heavy atom. The normalized spacial score (nSPS) is 19.9. The molecule has 0 aromatic rings. The van der Waals surface area contributed by atoms with Crippen molar-refractivity contribution in [3.63, 3.8) is 0 Å². The van der Waals surface area contributed by atoms with Crippen molar-refractivity contribution in [1.82, 2.24) is 0 Å². The lowest BCUT2D eigenvalue weighted by molar-refractivity contribution is 0.00578. The van der Waals surface area contributed by atoms with Crippen molar-refractivity contribution in [2.45, 2.75) is 90.8 Å². The van der Waals surface area contributed by atoms with Gasteiger partial charge in [-0.3, -0.25) is 0 Å². The van der Waals surface area contributed by atoms with Crippen LogP contribution in [0.25, 0.3) is 0 Å². The molecule has 1 aliphatic rings. The average molecular weight is 318 g/mol. The van der Waals surface area contributed by atoms with Crippen LogP contribution >= 0.6 is 0 Å². The second-order valence-electron chi connectivity index (χ2n) is 7.53. The highest BCUT2D eigenvalue weighted by molar-refractivity contribution is 6.56. The third-order valence-electron chi connectivity index (χ3n) is 4.98. The monoisotopic (exact) mass is 318 g/mol. The fourth-order valence-electron chi connectivity index (χ4n) is 2.64. The van der Waals surface area contributed by atoms with Gasteiger partial charge < -0.3 is 9.31 Å². The van der Waals surface area contributed by atoms with Gasteiger partial charge in [0.25, 0.3) is 0 Å². The molecule has 0 atom stereocenters. The van der Waals surface area contributed by atoms with Crippen molar-refractivity contribution in [1.29, 1.82) is 0 Å². The summed E-state index contributed by atoms with van der Waals surface area (Å²) in [7, 11) is -0.302. The summed E-state index contributed by atoms with van der Waals surface area (Å²) >= 11 is 0. The molecule has 1 fully saturated rings. The summed E-state index contributed by atoms with van der Waals surface area (Å²) in [6.07, 6.45) is 12.1. The van der Waals surface area contributed by atoms with Gasteiger partial charge in [0.1, 0.15) is 0 Å². The van der Waals surface area contributed by atoms with Gasteiger partial charge in [0.15, 0.2) is 0 Å². The van der Waals surface area contributed by atoms with Gasteiger partial charge in [-0.1, -0.05) is 50.5 Å². The lowest BCUT2D eigenvalue weighted by Gasteiger charge is -2.32. The second-order valence-corrected chi connectivity index (χ2v) is 7.53. The first kappa shape index (κ1) is 20.2. The average Bonchev–Trinajstić information content (AvgIpc) is 2.68. The zero-order valence-electron chi connectivity index (χ0n) is 15.9. The highest BCUT2D eigenvalue weighted by Crippen LogP contribution is 2.40. The first-order valence-corrected chi connectivity index (χ1v) is 9.10. The summed E-state index contributed by atoms with van der Waals surface area (Å²) in [6.45, 7) is 18.7. The van der Waals surface area contributed by atoms with E-state index in [-0.39, 0.29) is 18.3 Å². The summed E-state index contributed by atoms with van der Waals surface area (Å²) in [5.41, 5.74) is 1.67. The van der Waals surface area contributed by atoms with E-state index in [1.54, 1.807) is 0 Å². The third-order valence-corrected chi connectivity index (χ3v) is 4.98. The van der Waals surface area contributed by atoms with Gasteiger partial charge in [0.2, 0.25) is 0 Å². The van der Waals surface area contributed by atoms with E-state index in [2.05, 4.69) is 53.9 Å². The van der Waals surface area contributed by atoms with Gasteiger partial charge in [-0.2, -0.15) is 0 Å². The molecule has 0 aliphatic carbocycles. The molecular formula is C20H35BO2. The van der Waals surface area contributed by atoms with Gasteiger partial charge in [0.05, 0.1) is 11.2 Å². The highest BCUT2D eigenvalue weighted by Gasteiger charge is 2.52. The summed E-state index contributed by atoms with van der Waals surface area (Å²) in [4.78, 5) is 0. The Balaban J connectivity index is 2.79. The number of hydrogen-bond acceptors (Lipinski definition) is 2. The van der Waals surface area contributed by atoms with Crippen molar-refractivity contribution in [2.24, 2.45) is 0 Å². The van der Waals surface area contributed by atoms with E-state index >= 15 is 0 Å². The molecule has 1 rings (SSSR count). The molecule has 1 heterocycles. The molecule has 0 bridgehead atoms. The zero-order chi connectivity index (χ0) is 17.5. The SMILES string of the molecule is C=CCC/C=C(\B1OC(C)(C)C(C)(C)O1)C(=C)CCCCCC. The predicted octanol–water partition coefficient (Wildman–Crippen LogP) is 6.04. The molecule has 0 radical (unpaired) electrons. The Hall–Kier alpha value is -0.795. The molecule has 1 aliphatic heterocycles. The minimum atomic E-state index is -0.308. The standard InChI is InChI=1S/C20H35BO2/c1-8-10-12-14-15-17(3)18(16-13-11-9-2)21-22-19(4,5)20(6,7)23-21/h9,16H,2-3,8,10-15H2,1,4-7H3/b18-16-. The molecule has 0 N–H and O–H groups in total. The first-order valence-electron chi connectivity index (χ1n) is 9.10. The van der Waals surface area contributed by atoms with Crippen LogP contribution in [0.1, 0.15) is 79.6 Å². The number of hydrogen-bond donors (Lipinski definition) is 0. The Bertz CT molecular complexity index is 419. The lowest BCUT2D eigenvalue weighted by atomic mass is 9.72. The highest BCUT2D eigenvalue weighted by atomic mass is 16.7. The first-order chi connectivity index (χ1) is 10.7. The summed E-state index contributed by atoms with van der Waals surface area (Å²) in [5, 5.41) is 0. The fourth-order valence-corrected chi connectivity index (χ4v) is 2.64. The van der Waals surface area contributed by atoms with Crippen LogP contribution in [-0.4, -0.2) is 18.3 Å². The van der Waals surface area contributed by atoms with Gasteiger partial charge in [-0.25, -0.2) is 0 Å². The number of unbranched alkanes of at least 4 members (excludes halogenated alkanes) is 4. The van der Waals surface area contributed by atoms with Crippen LogP contribution in [0.5, 0.6) is 0 Å². The van der Waals surface area contributed by atoms with Crippen molar-refractivity contribution in [2.75, 3.05) is 0 Å². The molecule has 1 saturated heterocycles. The van der Waals surface area contributed by atoms with Gasteiger partial charge >= 0.3 is 7.12 Å². The van der Waals surface area contributed by atoms with E-state index in [1.807, 2.05) is 6.08 Å². The van der Waals surface area contributed by atoms with Crippen molar-refractivity contribution < 1.29 is 9.31 Å². The molecule has 0 saturated carbocycles. The van der Waals surface area contributed by atoms with Crippen LogP contribution in [0, 0.1) is 0 Å². The van der Waals surface area contributed by atoms with Crippen LogP contribution in [0.3, 0.4) is 0 Å². The maximum absolute atomic E-state index is 6.23. The minimum absolute atomic E-state index is 0.302. The van der Waals surface area contributed by atoms with Crippen molar-refractivity contribution in [3.8, 4) is 0 Å². The van der Waals surface area contributed by atoms with Gasteiger partial charge in [-0.15, -0.1) is 6.58 Å². The largest absolute Gasteiger partial charge is 0.494 e. The van der Waals surface area contributed by atoms with Crippen LogP contribution in [0.15, 0.2) is 36.4 Å². The molecule has 0 spiro atoms.